The largest absolute Gasteiger partial charge is 0.342 e. The second-order valence-corrected chi connectivity index (χ2v) is 7.20. The van der Waals surface area contributed by atoms with E-state index in [4.69, 9.17) is 0 Å². The van der Waals surface area contributed by atoms with Gasteiger partial charge in [-0.05, 0) is 43.4 Å². The number of hydrogen-bond donors (Lipinski definition) is 2. The van der Waals surface area contributed by atoms with Gasteiger partial charge in [-0.25, -0.2) is 9.18 Å². The minimum absolute atomic E-state index is 0.0318. The average molecular weight is 376 g/mol. The first kappa shape index (κ1) is 19.1. The predicted molar refractivity (Wildman–Crippen MR) is 99.8 cm³/mol. The van der Waals surface area contributed by atoms with Crippen LogP contribution in [0.15, 0.2) is 18.2 Å². The van der Waals surface area contributed by atoms with Gasteiger partial charge >= 0.3 is 6.03 Å². The van der Waals surface area contributed by atoms with Crippen LogP contribution in [0.4, 0.5) is 20.6 Å². The molecule has 2 fully saturated rings. The Kier molecular flexibility index (Phi) is 5.93. The first-order valence-electron chi connectivity index (χ1n) is 9.33. The fourth-order valence-corrected chi connectivity index (χ4v) is 3.70. The van der Waals surface area contributed by atoms with Crippen LogP contribution >= 0.6 is 0 Å². The predicted octanol–water partition coefficient (Wildman–Crippen LogP) is 2.65. The first-order valence-corrected chi connectivity index (χ1v) is 9.33. The monoisotopic (exact) mass is 376 g/mol. The summed E-state index contributed by atoms with van der Waals surface area (Å²) in [6, 6.07) is 3.81. The number of nitrogens with zero attached hydrogens (tertiary/aromatic N) is 2. The summed E-state index contributed by atoms with van der Waals surface area (Å²) in [5.74, 6) is -0.465. The molecule has 7 nitrogen and oxygen atoms in total. The average Bonchev–Trinajstić information content (AvgIpc) is 3.02. The van der Waals surface area contributed by atoms with Crippen molar-refractivity contribution in [3.63, 3.8) is 0 Å². The second kappa shape index (κ2) is 8.37. The molecule has 0 aromatic heterocycles. The molecule has 4 amide bonds. The van der Waals surface area contributed by atoms with Crippen molar-refractivity contribution in [2.24, 2.45) is 5.92 Å². The molecule has 2 saturated heterocycles. The van der Waals surface area contributed by atoms with Crippen LogP contribution in [0.5, 0.6) is 0 Å². The Hall–Kier alpha value is -2.64. The molecule has 1 aromatic rings. The van der Waals surface area contributed by atoms with Crippen LogP contribution in [0.3, 0.4) is 0 Å². The van der Waals surface area contributed by atoms with Crippen LogP contribution < -0.4 is 10.6 Å². The molecule has 27 heavy (non-hydrogen) atoms. The van der Waals surface area contributed by atoms with E-state index in [1.807, 2.05) is 4.90 Å². The van der Waals surface area contributed by atoms with E-state index >= 15 is 0 Å². The summed E-state index contributed by atoms with van der Waals surface area (Å²) in [6.45, 7) is 4.05. The SMILES string of the molecule is CC(=O)Nc1cc(NC(=O)N2CCC[C@@H](CN3CCCC3=O)C2)ccc1F. The number of carbonyl (C=O) groups is 3. The molecule has 0 unspecified atom stereocenters. The van der Waals surface area contributed by atoms with Crippen molar-refractivity contribution < 1.29 is 18.8 Å². The van der Waals surface area contributed by atoms with E-state index in [0.29, 0.717) is 31.7 Å². The minimum Gasteiger partial charge on any atom is -0.342 e. The zero-order valence-corrected chi connectivity index (χ0v) is 15.5. The van der Waals surface area contributed by atoms with Gasteiger partial charge in [0.05, 0.1) is 5.69 Å². The molecule has 146 valence electrons. The van der Waals surface area contributed by atoms with Gasteiger partial charge in [0.2, 0.25) is 11.8 Å². The normalized spacial score (nSPS) is 19.9. The van der Waals surface area contributed by atoms with Crippen LogP contribution in [0.1, 0.15) is 32.6 Å². The van der Waals surface area contributed by atoms with Gasteiger partial charge in [-0.3, -0.25) is 9.59 Å². The topological polar surface area (TPSA) is 81.8 Å². The fraction of sp³-hybridized carbons (Fsp3) is 0.526. The van der Waals surface area contributed by atoms with Crippen molar-refractivity contribution in [2.75, 3.05) is 36.8 Å². The van der Waals surface area contributed by atoms with Crippen LogP contribution in [0.25, 0.3) is 0 Å². The lowest BCUT2D eigenvalue weighted by molar-refractivity contribution is -0.128. The molecule has 8 heteroatoms. The van der Waals surface area contributed by atoms with Crippen molar-refractivity contribution in [1.82, 2.24) is 9.80 Å². The number of amides is 4. The molecule has 2 N–H and O–H groups in total. The molecule has 3 rings (SSSR count). The van der Waals surface area contributed by atoms with Gasteiger partial charge in [0.15, 0.2) is 0 Å². The van der Waals surface area contributed by atoms with E-state index in [1.165, 1.54) is 25.1 Å². The maximum atomic E-state index is 13.7. The second-order valence-electron chi connectivity index (χ2n) is 7.20. The zero-order valence-electron chi connectivity index (χ0n) is 15.5. The highest BCUT2D eigenvalue weighted by atomic mass is 19.1. The van der Waals surface area contributed by atoms with Crippen molar-refractivity contribution in [2.45, 2.75) is 32.6 Å². The van der Waals surface area contributed by atoms with Gasteiger partial charge in [0.25, 0.3) is 0 Å². The molecule has 1 aromatic carbocycles. The molecule has 0 aliphatic carbocycles. The number of likely N-dealkylation sites (tertiary alicyclic amines) is 2. The fourth-order valence-electron chi connectivity index (χ4n) is 3.70. The third-order valence-electron chi connectivity index (χ3n) is 4.98. The van der Waals surface area contributed by atoms with Crippen LogP contribution in [-0.2, 0) is 9.59 Å². The number of carbonyl (C=O) groups excluding carboxylic acids is 3. The van der Waals surface area contributed by atoms with Crippen LogP contribution in [-0.4, -0.2) is 53.8 Å². The molecular formula is C19H25FN4O3. The summed E-state index contributed by atoms with van der Waals surface area (Å²) >= 11 is 0. The van der Waals surface area contributed by atoms with Crippen LogP contribution in [0, 0.1) is 11.7 Å². The number of nitrogens with one attached hydrogen (secondary N) is 2. The van der Waals surface area contributed by atoms with E-state index in [1.54, 1.807) is 4.90 Å². The summed E-state index contributed by atoms with van der Waals surface area (Å²) < 4.78 is 13.7. The quantitative estimate of drug-likeness (QED) is 0.848. The Balaban J connectivity index is 1.58. The highest BCUT2D eigenvalue weighted by molar-refractivity contribution is 5.92. The van der Waals surface area contributed by atoms with E-state index in [2.05, 4.69) is 10.6 Å². The van der Waals surface area contributed by atoms with Gasteiger partial charge in [0, 0.05) is 45.2 Å². The highest BCUT2D eigenvalue weighted by Crippen LogP contribution is 2.23. The lowest BCUT2D eigenvalue weighted by Gasteiger charge is -2.34. The van der Waals surface area contributed by atoms with Gasteiger partial charge in [-0.1, -0.05) is 0 Å². The molecule has 0 saturated carbocycles. The number of urea groups is 1. The van der Waals surface area contributed by atoms with Gasteiger partial charge in [-0.15, -0.1) is 0 Å². The van der Waals surface area contributed by atoms with Crippen molar-refractivity contribution in [3.05, 3.63) is 24.0 Å². The molecule has 1 atom stereocenters. The summed E-state index contributed by atoms with van der Waals surface area (Å²) in [4.78, 5) is 39.2. The summed E-state index contributed by atoms with van der Waals surface area (Å²) in [5.41, 5.74) is 0.450. The first-order chi connectivity index (χ1) is 12.9. The Bertz CT molecular complexity index is 740. The van der Waals surface area contributed by atoms with Gasteiger partial charge in [-0.2, -0.15) is 0 Å². The van der Waals surface area contributed by atoms with E-state index in [0.717, 1.165) is 25.8 Å². The summed E-state index contributed by atoms with van der Waals surface area (Å²) in [6.07, 6.45) is 3.42. The van der Waals surface area contributed by atoms with Gasteiger partial charge < -0.3 is 20.4 Å². The molecule has 2 aliphatic heterocycles. The number of piperidine rings is 1. The Labute approximate surface area is 157 Å². The van der Waals surface area contributed by atoms with E-state index < -0.39 is 5.82 Å². The third kappa shape index (κ3) is 4.96. The minimum atomic E-state index is -0.559. The van der Waals surface area contributed by atoms with Crippen molar-refractivity contribution in [3.8, 4) is 0 Å². The molecule has 0 spiro atoms. The third-order valence-corrected chi connectivity index (χ3v) is 4.98. The Morgan fingerprint density at radius 3 is 2.74 bits per heavy atom. The lowest BCUT2D eigenvalue weighted by atomic mass is 9.97. The van der Waals surface area contributed by atoms with Crippen molar-refractivity contribution in [1.29, 1.82) is 0 Å². The highest BCUT2D eigenvalue weighted by Gasteiger charge is 2.28. The van der Waals surface area contributed by atoms with E-state index in [-0.39, 0.29) is 29.5 Å². The Morgan fingerprint density at radius 2 is 2.04 bits per heavy atom. The number of rotatable bonds is 4. The zero-order chi connectivity index (χ0) is 19.4. The summed E-state index contributed by atoms with van der Waals surface area (Å²) in [7, 11) is 0. The molecule has 0 radical (unpaired) electrons. The molecular weight excluding hydrogens is 351 g/mol. The maximum absolute atomic E-state index is 13.7. The number of anilines is 2. The van der Waals surface area contributed by atoms with Crippen LogP contribution in [0.2, 0.25) is 0 Å². The smallest absolute Gasteiger partial charge is 0.321 e. The number of halogens is 1. The maximum Gasteiger partial charge on any atom is 0.321 e. The summed E-state index contributed by atoms with van der Waals surface area (Å²) in [5, 5.41) is 5.17. The lowest BCUT2D eigenvalue weighted by Crippen LogP contribution is -2.45. The Morgan fingerprint density at radius 1 is 1.22 bits per heavy atom. The van der Waals surface area contributed by atoms with Gasteiger partial charge in [0.1, 0.15) is 5.82 Å². The number of hydrogen-bond acceptors (Lipinski definition) is 3. The van der Waals surface area contributed by atoms with E-state index in [9.17, 15) is 18.8 Å². The molecule has 0 bridgehead atoms. The number of benzene rings is 1. The standard InChI is InChI=1S/C19H25FN4O3/c1-13(25)21-17-10-15(6-7-16(17)20)22-19(27)24-9-2-4-14(12-24)11-23-8-3-5-18(23)26/h6-7,10,14H,2-5,8-9,11-12H2,1H3,(H,21,25)(H,22,27)/t14-/m0/s1. The molecule has 2 aliphatic rings. The van der Waals surface area contributed by atoms with Crippen molar-refractivity contribution >= 4 is 29.2 Å². The molecule has 2 heterocycles.